The second-order valence-corrected chi connectivity index (χ2v) is 7.31. The minimum Gasteiger partial charge on any atom is -0.341 e. The van der Waals surface area contributed by atoms with Gasteiger partial charge in [-0.3, -0.25) is 4.79 Å². The smallest absolute Gasteiger partial charge is 0.341 e. The van der Waals surface area contributed by atoms with E-state index in [9.17, 15) is 9.59 Å². The van der Waals surface area contributed by atoms with Crippen LogP contribution in [0.3, 0.4) is 0 Å². The maximum absolute atomic E-state index is 12.9. The number of piperidine rings is 1. The number of amides is 1. The topological polar surface area (TPSA) is 60.1 Å². The Morgan fingerprint density at radius 2 is 1.80 bits per heavy atom. The van der Waals surface area contributed by atoms with E-state index in [2.05, 4.69) is 12.0 Å². The van der Waals surface area contributed by atoms with E-state index in [1.165, 1.54) is 4.68 Å². The van der Waals surface area contributed by atoms with E-state index in [4.69, 9.17) is 0 Å². The Bertz CT molecular complexity index is 812. The van der Waals surface area contributed by atoms with Crippen molar-refractivity contribution in [3.8, 4) is 5.69 Å². The molecule has 1 aromatic carbocycles. The van der Waals surface area contributed by atoms with E-state index in [-0.39, 0.29) is 18.1 Å². The van der Waals surface area contributed by atoms with Crippen LogP contribution in [0.25, 0.3) is 5.69 Å². The number of hydrogen-bond acceptors (Lipinski definition) is 3. The van der Waals surface area contributed by atoms with Gasteiger partial charge in [-0.1, -0.05) is 25.1 Å². The zero-order valence-corrected chi connectivity index (χ0v) is 14.6. The highest BCUT2D eigenvalue weighted by Crippen LogP contribution is 2.39. The summed E-state index contributed by atoms with van der Waals surface area (Å²) in [4.78, 5) is 27.3. The molecule has 2 aromatic rings. The van der Waals surface area contributed by atoms with E-state index >= 15 is 0 Å². The van der Waals surface area contributed by atoms with E-state index in [1.54, 1.807) is 4.57 Å². The molecule has 1 aromatic heterocycles. The van der Waals surface area contributed by atoms with Gasteiger partial charge in [-0.05, 0) is 43.7 Å². The van der Waals surface area contributed by atoms with Crippen LogP contribution in [0.1, 0.15) is 44.3 Å². The minimum absolute atomic E-state index is 0.00550. The van der Waals surface area contributed by atoms with Crippen LogP contribution in [-0.2, 0) is 11.3 Å². The normalized spacial score (nSPS) is 18.5. The lowest BCUT2D eigenvalue weighted by Crippen LogP contribution is -2.41. The van der Waals surface area contributed by atoms with E-state index in [0.29, 0.717) is 11.8 Å². The van der Waals surface area contributed by atoms with Crippen LogP contribution in [0.5, 0.6) is 0 Å². The van der Waals surface area contributed by atoms with Crippen molar-refractivity contribution in [1.82, 2.24) is 19.2 Å². The molecule has 2 fully saturated rings. The van der Waals surface area contributed by atoms with Gasteiger partial charge in [-0.25, -0.2) is 14.0 Å². The van der Waals surface area contributed by atoms with E-state index < -0.39 is 0 Å². The first-order valence-electron chi connectivity index (χ1n) is 9.16. The fourth-order valence-electron chi connectivity index (χ4n) is 3.44. The molecule has 6 heteroatoms. The predicted molar refractivity (Wildman–Crippen MR) is 94.8 cm³/mol. The van der Waals surface area contributed by atoms with Gasteiger partial charge in [0.1, 0.15) is 12.4 Å². The Morgan fingerprint density at radius 3 is 2.44 bits per heavy atom. The van der Waals surface area contributed by atoms with Crippen molar-refractivity contribution in [3.05, 3.63) is 46.6 Å². The number of aromatic nitrogens is 3. The maximum atomic E-state index is 12.9. The van der Waals surface area contributed by atoms with Gasteiger partial charge in [0, 0.05) is 19.0 Å². The first-order chi connectivity index (χ1) is 12.1. The third kappa shape index (κ3) is 3.25. The second-order valence-electron chi connectivity index (χ2n) is 7.31. The van der Waals surface area contributed by atoms with Crippen molar-refractivity contribution in [2.24, 2.45) is 5.92 Å². The number of carbonyl (C=O) groups is 1. The molecule has 132 valence electrons. The highest BCUT2D eigenvalue weighted by Gasteiger charge is 2.32. The van der Waals surface area contributed by atoms with Crippen molar-refractivity contribution in [1.29, 1.82) is 0 Å². The average molecular weight is 340 g/mol. The van der Waals surface area contributed by atoms with Crippen LogP contribution < -0.4 is 5.69 Å². The molecule has 0 spiro atoms. The first-order valence-corrected chi connectivity index (χ1v) is 9.16. The number of benzene rings is 1. The van der Waals surface area contributed by atoms with Gasteiger partial charge in [0.05, 0.1) is 5.69 Å². The summed E-state index contributed by atoms with van der Waals surface area (Å²) in [6.45, 7) is 3.82. The summed E-state index contributed by atoms with van der Waals surface area (Å²) in [5, 5.41) is 4.52. The van der Waals surface area contributed by atoms with Crippen LogP contribution in [0, 0.1) is 5.92 Å². The molecule has 25 heavy (non-hydrogen) atoms. The largest absolute Gasteiger partial charge is 0.351 e. The highest BCUT2D eigenvalue weighted by molar-refractivity contribution is 5.76. The molecule has 0 N–H and O–H groups in total. The van der Waals surface area contributed by atoms with Crippen molar-refractivity contribution in [3.63, 3.8) is 0 Å². The lowest BCUT2D eigenvalue weighted by atomic mass is 9.99. The van der Waals surface area contributed by atoms with Gasteiger partial charge in [0.2, 0.25) is 5.91 Å². The number of rotatable bonds is 4. The molecule has 6 nitrogen and oxygen atoms in total. The van der Waals surface area contributed by atoms with Crippen molar-refractivity contribution in [2.75, 3.05) is 13.1 Å². The fraction of sp³-hybridized carbons (Fsp3) is 0.526. The maximum Gasteiger partial charge on any atom is 0.351 e. The minimum atomic E-state index is -0.216. The predicted octanol–water partition coefficient (Wildman–Crippen LogP) is 2.17. The summed E-state index contributed by atoms with van der Waals surface area (Å²) in [6.07, 6.45) is 4.18. The van der Waals surface area contributed by atoms with Gasteiger partial charge in [-0.2, -0.15) is 5.10 Å². The van der Waals surface area contributed by atoms with Crippen LogP contribution >= 0.6 is 0 Å². The van der Waals surface area contributed by atoms with Gasteiger partial charge < -0.3 is 4.90 Å². The van der Waals surface area contributed by atoms with Crippen LogP contribution in [-0.4, -0.2) is 38.2 Å². The van der Waals surface area contributed by atoms with Crippen LogP contribution in [0.4, 0.5) is 0 Å². The quantitative estimate of drug-likeness (QED) is 0.857. The second kappa shape index (κ2) is 6.50. The molecular formula is C19H24N4O2. The van der Waals surface area contributed by atoms with Crippen molar-refractivity contribution in [2.45, 2.75) is 45.1 Å². The number of carbonyl (C=O) groups excluding carboxylic acids is 1. The average Bonchev–Trinajstić information content (AvgIpc) is 3.42. The fourth-order valence-corrected chi connectivity index (χ4v) is 3.44. The highest BCUT2D eigenvalue weighted by atomic mass is 16.2. The lowest BCUT2D eigenvalue weighted by Gasteiger charge is -2.30. The van der Waals surface area contributed by atoms with E-state index in [0.717, 1.165) is 50.3 Å². The van der Waals surface area contributed by atoms with Gasteiger partial charge in [0.15, 0.2) is 0 Å². The Morgan fingerprint density at radius 1 is 1.12 bits per heavy atom. The molecule has 1 saturated heterocycles. The standard InChI is InChI=1S/C19H24N4O2/c1-14-9-11-21(12-10-14)17(24)13-22-19(25)23(16-5-3-2-4-6-16)18(20-22)15-7-8-15/h2-6,14-15H,7-13H2,1H3. The monoisotopic (exact) mass is 340 g/mol. The molecule has 2 aliphatic rings. The SMILES string of the molecule is CC1CCN(C(=O)Cn2nc(C3CC3)n(-c3ccccc3)c2=O)CC1. The summed E-state index contributed by atoms with van der Waals surface area (Å²) in [7, 11) is 0. The van der Waals surface area contributed by atoms with Gasteiger partial charge in [-0.15, -0.1) is 0 Å². The summed E-state index contributed by atoms with van der Waals surface area (Å²) in [5.74, 6) is 1.79. The van der Waals surface area contributed by atoms with Crippen molar-refractivity contribution < 1.29 is 4.79 Å². The Kier molecular flexibility index (Phi) is 4.19. The lowest BCUT2D eigenvalue weighted by molar-refractivity contribution is -0.133. The molecule has 1 aliphatic heterocycles. The summed E-state index contributed by atoms with van der Waals surface area (Å²) in [6, 6.07) is 9.57. The van der Waals surface area contributed by atoms with Crippen LogP contribution in [0.15, 0.2) is 35.1 Å². The molecule has 0 bridgehead atoms. The zero-order chi connectivity index (χ0) is 17.4. The third-order valence-corrected chi connectivity index (χ3v) is 5.24. The molecule has 0 atom stereocenters. The van der Waals surface area contributed by atoms with Gasteiger partial charge in [0.25, 0.3) is 0 Å². The van der Waals surface area contributed by atoms with Gasteiger partial charge >= 0.3 is 5.69 Å². The molecule has 2 heterocycles. The van der Waals surface area contributed by atoms with E-state index in [1.807, 2.05) is 35.2 Å². The zero-order valence-electron chi connectivity index (χ0n) is 14.6. The Labute approximate surface area is 147 Å². The molecule has 1 amide bonds. The summed E-state index contributed by atoms with van der Waals surface area (Å²) >= 11 is 0. The first kappa shape index (κ1) is 16.1. The third-order valence-electron chi connectivity index (χ3n) is 5.24. The molecular weight excluding hydrogens is 316 g/mol. The molecule has 1 saturated carbocycles. The molecule has 1 aliphatic carbocycles. The molecule has 0 radical (unpaired) electrons. The Hall–Kier alpha value is -2.37. The summed E-state index contributed by atoms with van der Waals surface area (Å²) in [5.41, 5.74) is 0.603. The Balaban J connectivity index is 1.60. The molecule has 4 rings (SSSR count). The van der Waals surface area contributed by atoms with Crippen molar-refractivity contribution >= 4 is 5.91 Å². The number of para-hydroxylation sites is 1. The number of likely N-dealkylation sites (tertiary alicyclic amines) is 1. The number of hydrogen-bond donors (Lipinski definition) is 0. The molecule has 0 unspecified atom stereocenters. The summed E-state index contributed by atoms with van der Waals surface area (Å²) < 4.78 is 3.02. The number of nitrogens with zero attached hydrogens (tertiary/aromatic N) is 4. The van der Waals surface area contributed by atoms with Crippen LogP contribution in [0.2, 0.25) is 0 Å².